The SMILES string of the molecule is CCO[C@]12CC[C@H](C(=O)C1)[C@H]1C(=O)N(CCCCN3CCN(c4ccccc4)CC3)C(=O)[C@H]12. The molecule has 2 amide bonds. The molecule has 1 aromatic carbocycles. The Labute approximate surface area is 196 Å². The lowest BCUT2D eigenvalue weighted by atomic mass is 9.56. The Hall–Kier alpha value is -2.25. The van der Waals surface area contributed by atoms with Crippen LogP contribution in [-0.4, -0.2) is 78.9 Å². The smallest absolute Gasteiger partial charge is 0.236 e. The van der Waals surface area contributed by atoms with Crippen molar-refractivity contribution in [3.05, 3.63) is 30.3 Å². The molecule has 7 heteroatoms. The molecule has 0 unspecified atom stereocenters. The fourth-order valence-electron chi connectivity index (χ4n) is 6.62. The number of nitrogens with zero attached hydrogens (tertiary/aromatic N) is 3. The van der Waals surface area contributed by atoms with Crippen LogP contribution in [0.3, 0.4) is 0 Å². The van der Waals surface area contributed by atoms with Crippen LogP contribution < -0.4 is 4.90 Å². The van der Waals surface area contributed by atoms with E-state index in [2.05, 4.69) is 34.1 Å². The van der Waals surface area contributed by atoms with E-state index in [1.165, 1.54) is 10.6 Å². The van der Waals surface area contributed by atoms with Crippen molar-refractivity contribution in [2.24, 2.45) is 17.8 Å². The number of imide groups is 1. The molecule has 0 N–H and O–H groups in total. The van der Waals surface area contributed by atoms with Crippen LogP contribution in [-0.2, 0) is 19.1 Å². The molecule has 2 aliphatic heterocycles. The van der Waals surface area contributed by atoms with E-state index < -0.39 is 17.4 Å². The molecule has 4 atom stereocenters. The van der Waals surface area contributed by atoms with Gasteiger partial charge in [-0.05, 0) is 51.3 Å². The molecule has 5 fully saturated rings. The minimum Gasteiger partial charge on any atom is -0.374 e. The van der Waals surface area contributed by atoms with Gasteiger partial charge in [-0.3, -0.25) is 24.2 Å². The number of ketones is 1. The molecule has 5 aliphatic rings. The highest BCUT2D eigenvalue weighted by molar-refractivity contribution is 6.09. The maximum atomic E-state index is 13.3. The average Bonchev–Trinajstić information content (AvgIpc) is 3.10. The number of unbranched alkanes of at least 4 members (excludes halogenated alkanes) is 1. The molecule has 0 radical (unpaired) electrons. The van der Waals surface area contributed by atoms with E-state index in [1.807, 2.05) is 13.0 Å². The quantitative estimate of drug-likeness (QED) is 0.445. The van der Waals surface area contributed by atoms with Crippen molar-refractivity contribution < 1.29 is 19.1 Å². The van der Waals surface area contributed by atoms with Gasteiger partial charge in [0, 0.05) is 57.4 Å². The zero-order valence-corrected chi connectivity index (χ0v) is 19.6. The Bertz CT molecular complexity index is 894. The number of para-hydroxylation sites is 1. The number of carbonyl (C=O) groups excluding carboxylic acids is 3. The fraction of sp³-hybridized carbons (Fsp3) is 0.654. The van der Waals surface area contributed by atoms with Gasteiger partial charge in [-0.2, -0.15) is 0 Å². The molecule has 1 aromatic rings. The Kier molecular flexibility index (Phi) is 6.27. The number of hydrogen-bond donors (Lipinski definition) is 0. The first-order valence-corrected chi connectivity index (χ1v) is 12.6. The van der Waals surface area contributed by atoms with Crippen LogP contribution in [0.15, 0.2) is 30.3 Å². The van der Waals surface area contributed by atoms with Crippen LogP contribution in [0.2, 0.25) is 0 Å². The van der Waals surface area contributed by atoms with Gasteiger partial charge in [-0.1, -0.05) is 18.2 Å². The van der Waals surface area contributed by atoms with Gasteiger partial charge in [0.05, 0.1) is 17.4 Å². The number of benzene rings is 1. The first kappa shape index (κ1) is 22.5. The van der Waals surface area contributed by atoms with E-state index in [1.54, 1.807) is 0 Å². The summed E-state index contributed by atoms with van der Waals surface area (Å²) >= 11 is 0. The number of hydrogen-bond acceptors (Lipinski definition) is 6. The molecule has 33 heavy (non-hydrogen) atoms. The molecule has 178 valence electrons. The minimum absolute atomic E-state index is 0.105. The Morgan fingerprint density at radius 2 is 1.70 bits per heavy atom. The lowest BCUT2D eigenvalue weighted by molar-refractivity contribution is -0.180. The third kappa shape index (κ3) is 3.99. The summed E-state index contributed by atoms with van der Waals surface area (Å²) in [7, 11) is 0. The maximum Gasteiger partial charge on any atom is 0.236 e. The van der Waals surface area contributed by atoms with Crippen molar-refractivity contribution in [3.8, 4) is 0 Å². The van der Waals surface area contributed by atoms with Gasteiger partial charge >= 0.3 is 0 Å². The zero-order chi connectivity index (χ0) is 23.0. The third-order valence-electron chi connectivity index (χ3n) is 8.24. The second-order valence-corrected chi connectivity index (χ2v) is 9.99. The zero-order valence-electron chi connectivity index (χ0n) is 19.6. The van der Waals surface area contributed by atoms with E-state index >= 15 is 0 Å². The second-order valence-electron chi connectivity index (χ2n) is 9.99. The van der Waals surface area contributed by atoms with Crippen molar-refractivity contribution in [3.63, 3.8) is 0 Å². The fourth-order valence-corrected chi connectivity index (χ4v) is 6.62. The van der Waals surface area contributed by atoms with Gasteiger partial charge in [-0.25, -0.2) is 0 Å². The lowest BCUT2D eigenvalue weighted by Gasteiger charge is -2.50. The molecule has 2 saturated heterocycles. The summed E-state index contributed by atoms with van der Waals surface area (Å²) < 4.78 is 6.02. The Morgan fingerprint density at radius 3 is 2.39 bits per heavy atom. The number of anilines is 1. The molecule has 2 bridgehead atoms. The number of fused-ring (bicyclic) bond motifs is 2. The first-order chi connectivity index (χ1) is 16.0. The lowest BCUT2D eigenvalue weighted by Crippen LogP contribution is -2.59. The summed E-state index contributed by atoms with van der Waals surface area (Å²) in [5, 5.41) is 0. The monoisotopic (exact) mass is 453 g/mol. The van der Waals surface area contributed by atoms with Crippen molar-refractivity contribution in [2.45, 2.75) is 44.6 Å². The van der Waals surface area contributed by atoms with Crippen molar-refractivity contribution >= 4 is 23.3 Å². The second kappa shape index (κ2) is 9.18. The molecule has 3 aliphatic carbocycles. The topological polar surface area (TPSA) is 70.2 Å². The molecule has 2 heterocycles. The van der Waals surface area contributed by atoms with Crippen molar-refractivity contribution in [2.75, 3.05) is 50.8 Å². The van der Waals surface area contributed by atoms with Gasteiger partial charge in [-0.15, -0.1) is 0 Å². The van der Waals surface area contributed by atoms with Crippen LogP contribution in [0.5, 0.6) is 0 Å². The first-order valence-electron chi connectivity index (χ1n) is 12.6. The van der Waals surface area contributed by atoms with E-state index in [0.717, 1.165) is 45.6 Å². The number of likely N-dealkylation sites (tertiary alicyclic amines) is 1. The van der Waals surface area contributed by atoms with Crippen molar-refractivity contribution in [1.82, 2.24) is 9.80 Å². The maximum absolute atomic E-state index is 13.3. The number of Topliss-reactive ketones (excluding diaryl/α,β-unsaturated/α-hetero) is 1. The van der Waals surface area contributed by atoms with E-state index in [4.69, 9.17) is 4.74 Å². The van der Waals surface area contributed by atoms with Crippen LogP contribution in [0, 0.1) is 17.8 Å². The van der Waals surface area contributed by atoms with E-state index in [-0.39, 0.29) is 29.9 Å². The molecular formula is C26H35N3O4. The number of amides is 2. The molecule has 7 nitrogen and oxygen atoms in total. The number of rotatable bonds is 8. The van der Waals surface area contributed by atoms with Gasteiger partial charge < -0.3 is 9.64 Å². The minimum atomic E-state index is -0.759. The highest BCUT2D eigenvalue weighted by Crippen LogP contribution is 2.55. The number of carbonyl (C=O) groups is 3. The number of ether oxygens (including phenoxy) is 1. The Morgan fingerprint density at radius 1 is 0.970 bits per heavy atom. The third-order valence-corrected chi connectivity index (χ3v) is 8.24. The predicted molar refractivity (Wildman–Crippen MR) is 125 cm³/mol. The summed E-state index contributed by atoms with van der Waals surface area (Å²) in [5.74, 6) is -1.39. The molecule has 6 rings (SSSR count). The largest absolute Gasteiger partial charge is 0.374 e. The summed E-state index contributed by atoms with van der Waals surface area (Å²) in [4.78, 5) is 45.4. The summed E-state index contributed by atoms with van der Waals surface area (Å²) in [6.45, 7) is 7.89. The molecule has 3 saturated carbocycles. The highest BCUT2D eigenvalue weighted by atomic mass is 16.5. The highest BCUT2D eigenvalue weighted by Gasteiger charge is 2.67. The van der Waals surface area contributed by atoms with E-state index in [9.17, 15) is 14.4 Å². The summed E-state index contributed by atoms with van der Waals surface area (Å²) in [6.07, 6.45) is 3.42. The average molecular weight is 454 g/mol. The van der Waals surface area contributed by atoms with Gasteiger partial charge in [0.1, 0.15) is 5.78 Å². The standard InChI is InChI=1S/C26H35N3O4/c1-2-33-26-11-10-20(21(30)18-26)22-23(26)25(32)29(24(22)31)13-7-6-12-27-14-16-28(17-15-27)19-8-4-3-5-9-19/h3-5,8-9,20,22-23H,2,6-7,10-18H2,1H3/t20-,22-,23+,26-/m1/s1. The van der Waals surface area contributed by atoms with Gasteiger partial charge in [0.15, 0.2) is 0 Å². The van der Waals surface area contributed by atoms with Gasteiger partial charge in [0.2, 0.25) is 11.8 Å². The molecular weight excluding hydrogens is 418 g/mol. The van der Waals surface area contributed by atoms with Gasteiger partial charge in [0.25, 0.3) is 0 Å². The van der Waals surface area contributed by atoms with Crippen LogP contribution in [0.4, 0.5) is 5.69 Å². The molecule has 0 spiro atoms. The normalized spacial score (nSPS) is 32.0. The summed E-state index contributed by atoms with van der Waals surface area (Å²) in [5.41, 5.74) is 0.521. The van der Waals surface area contributed by atoms with Crippen LogP contribution >= 0.6 is 0 Å². The van der Waals surface area contributed by atoms with Crippen LogP contribution in [0.25, 0.3) is 0 Å². The van der Waals surface area contributed by atoms with Crippen LogP contribution in [0.1, 0.15) is 39.0 Å². The predicted octanol–water partition coefficient (Wildman–Crippen LogP) is 2.35. The van der Waals surface area contributed by atoms with E-state index in [0.29, 0.717) is 26.0 Å². The number of piperazine rings is 1. The van der Waals surface area contributed by atoms with Crippen molar-refractivity contribution in [1.29, 1.82) is 0 Å². The molecule has 0 aromatic heterocycles. The summed E-state index contributed by atoms with van der Waals surface area (Å²) in [6, 6.07) is 10.5. The Balaban J connectivity index is 1.12.